The molecule has 0 bridgehead atoms. The summed E-state index contributed by atoms with van der Waals surface area (Å²) in [6.45, 7) is 14.2. The van der Waals surface area contributed by atoms with Crippen molar-refractivity contribution in [2.45, 2.75) is 111 Å². The Morgan fingerprint density at radius 3 is 2.45 bits per heavy atom. The van der Waals surface area contributed by atoms with Crippen LogP contribution in [-0.2, 0) is 9.47 Å². The van der Waals surface area contributed by atoms with E-state index in [0.717, 1.165) is 61.6 Å². The lowest BCUT2D eigenvalue weighted by Gasteiger charge is -2.59. The van der Waals surface area contributed by atoms with Crippen molar-refractivity contribution in [3.63, 3.8) is 0 Å². The monoisotopic (exact) mass is 428 g/mol. The second-order valence-corrected chi connectivity index (χ2v) is 13.1. The molecule has 1 spiro atoms. The summed E-state index contributed by atoms with van der Waals surface area (Å²) in [5.74, 6) is 5.20. The SMILES string of the molecule is CC(C)CCC[C@H](C)[C@H]1CC[C@H]2[C@@H]3CC=C4CC5(CC[C@]4(C)[C@H]3CC[C@]12C)OCCO5. The Morgan fingerprint density at radius 2 is 1.71 bits per heavy atom. The molecule has 2 heteroatoms. The van der Waals surface area contributed by atoms with Gasteiger partial charge < -0.3 is 9.47 Å². The minimum Gasteiger partial charge on any atom is -0.347 e. The molecule has 0 aromatic heterocycles. The number of hydrogen-bond acceptors (Lipinski definition) is 2. The molecule has 0 radical (unpaired) electrons. The number of hydrogen-bond donors (Lipinski definition) is 0. The Balaban J connectivity index is 1.31. The number of allylic oxidation sites excluding steroid dienone is 1. The van der Waals surface area contributed by atoms with E-state index in [0.29, 0.717) is 10.8 Å². The summed E-state index contributed by atoms with van der Waals surface area (Å²) in [6, 6.07) is 0. The molecule has 7 atom stereocenters. The quantitative estimate of drug-likeness (QED) is 0.416. The van der Waals surface area contributed by atoms with Crippen molar-refractivity contribution >= 4 is 0 Å². The zero-order valence-corrected chi connectivity index (χ0v) is 21.1. The minimum atomic E-state index is -0.273. The van der Waals surface area contributed by atoms with Gasteiger partial charge in [0.15, 0.2) is 5.79 Å². The third-order valence-electron chi connectivity index (χ3n) is 11.1. The Bertz CT molecular complexity index is 689. The van der Waals surface area contributed by atoms with E-state index in [1.807, 2.05) is 0 Å². The van der Waals surface area contributed by atoms with E-state index in [-0.39, 0.29) is 5.79 Å². The molecule has 1 saturated heterocycles. The highest BCUT2D eigenvalue weighted by molar-refractivity contribution is 5.26. The average Bonchev–Trinajstić information content (AvgIpc) is 3.32. The van der Waals surface area contributed by atoms with Crippen LogP contribution in [0.3, 0.4) is 0 Å². The molecule has 0 aromatic carbocycles. The van der Waals surface area contributed by atoms with E-state index in [4.69, 9.17) is 9.47 Å². The van der Waals surface area contributed by atoms with Crippen molar-refractivity contribution in [1.82, 2.24) is 0 Å². The predicted molar refractivity (Wildman–Crippen MR) is 128 cm³/mol. The van der Waals surface area contributed by atoms with E-state index >= 15 is 0 Å². The lowest BCUT2D eigenvalue weighted by molar-refractivity contribution is -0.185. The van der Waals surface area contributed by atoms with E-state index < -0.39 is 0 Å². The highest BCUT2D eigenvalue weighted by Crippen LogP contribution is 2.68. The molecule has 4 fully saturated rings. The summed E-state index contributed by atoms with van der Waals surface area (Å²) >= 11 is 0. The van der Waals surface area contributed by atoms with Crippen LogP contribution in [0.4, 0.5) is 0 Å². The van der Waals surface area contributed by atoms with Gasteiger partial charge in [0.2, 0.25) is 0 Å². The molecule has 176 valence electrons. The van der Waals surface area contributed by atoms with Gasteiger partial charge in [-0.25, -0.2) is 0 Å². The van der Waals surface area contributed by atoms with E-state index in [1.54, 1.807) is 5.57 Å². The number of fused-ring (bicyclic) bond motifs is 5. The van der Waals surface area contributed by atoms with Crippen molar-refractivity contribution in [2.75, 3.05) is 13.2 Å². The first-order valence-electron chi connectivity index (χ1n) is 13.7. The molecule has 1 aliphatic heterocycles. The average molecular weight is 429 g/mol. The van der Waals surface area contributed by atoms with Crippen LogP contribution in [0.15, 0.2) is 11.6 Å². The van der Waals surface area contributed by atoms with Crippen LogP contribution in [0.5, 0.6) is 0 Å². The highest BCUT2D eigenvalue weighted by Gasteiger charge is 2.60. The van der Waals surface area contributed by atoms with Gasteiger partial charge in [-0.05, 0) is 84.9 Å². The van der Waals surface area contributed by atoms with Crippen LogP contribution in [0.2, 0.25) is 0 Å². The highest BCUT2D eigenvalue weighted by atomic mass is 16.7. The summed E-state index contributed by atoms with van der Waals surface area (Å²) < 4.78 is 12.2. The normalized spacial score (nSPS) is 44.6. The molecular formula is C29H48O2. The number of rotatable bonds is 5. The van der Waals surface area contributed by atoms with Gasteiger partial charge in [0.05, 0.1) is 13.2 Å². The first kappa shape index (κ1) is 22.5. The lowest BCUT2D eigenvalue weighted by atomic mass is 9.46. The van der Waals surface area contributed by atoms with Crippen LogP contribution in [0.25, 0.3) is 0 Å². The van der Waals surface area contributed by atoms with Crippen molar-refractivity contribution in [3.05, 3.63) is 11.6 Å². The fourth-order valence-corrected chi connectivity index (χ4v) is 9.37. The maximum absolute atomic E-state index is 6.12. The molecule has 5 aliphatic rings. The maximum atomic E-state index is 6.12. The Hall–Kier alpha value is -0.340. The zero-order chi connectivity index (χ0) is 21.9. The first-order valence-corrected chi connectivity index (χ1v) is 13.7. The van der Waals surface area contributed by atoms with Gasteiger partial charge in [0.25, 0.3) is 0 Å². The van der Waals surface area contributed by atoms with Crippen molar-refractivity contribution in [2.24, 2.45) is 46.3 Å². The molecule has 31 heavy (non-hydrogen) atoms. The van der Waals surface area contributed by atoms with Crippen LogP contribution >= 0.6 is 0 Å². The minimum absolute atomic E-state index is 0.273. The molecule has 0 aromatic rings. The van der Waals surface area contributed by atoms with E-state index in [1.165, 1.54) is 57.8 Å². The first-order chi connectivity index (χ1) is 14.8. The number of ether oxygens (including phenoxy) is 2. The molecule has 2 nitrogen and oxygen atoms in total. The van der Waals surface area contributed by atoms with Crippen molar-refractivity contribution < 1.29 is 9.47 Å². The molecule has 0 N–H and O–H groups in total. The Labute approximate surface area is 191 Å². The fraction of sp³-hybridized carbons (Fsp3) is 0.931. The standard InChI is InChI=1S/C29H48O2/c1-20(2)7-6-8-21(3)24-11-12-25-23-10-9-22-19-29(30-17-18-31-29)16-15-27(22,4)26(23)13-14-28(24,25)5/h9,20-21,23-26H,6-8,10-19H2,1-5H3/t21-,23-,24+,25-,26-,27-,28+/m0/s1. The van der Waals surface area contributed by atoms with Gasteiger partial charge in [-0.3, -0.25) is 0 Å². The fourth-order valence-electron chi connectivity index (χ4n) is 9.37. The van der Waals surface area contributed by atoms with Gasteiger partial charge in [-0.15, -0.1) is 0 Å². The predicted octanol–water partition coefficient (Wildman–Crippen LogP) is 7.77. The van der Waals surface area contributed by atoms with E-state index in [2.05, 4.69) is 40.7 Å². The van der Waals surface area contributed by atoms with Gasteiger partial charge in [-0.2, -0.15) is 0 Å². The third-order valence-corrected chi connectivity index (χ3v) is 11.1. The van der Waals surface area contributed by atoms with Crippen LogP contribution in [0.1, 0.15) is 105 Å². The van der Waals surface area contributed by atoms with Crippen molar-refractivity contribution in [1.29, 1.82) is 0 Å². The Morgan fingerprint density at radius 1 is 0.935 bits per heavy atom. The molecule has 4 aliphatic carbocycles. The van der Waals surface area contributed by atoms with Gasteiger partial charge in [0.1, 0.15) is 0 Å². The summed E-state index contributed by atoms with van der Waals surface area (Å²) in [5.41, 5.74) is 2.67. The summed E-state index contributed by atoms with van der Waals surface area (Å²) in [6.07, 6.45) is 17.6. The molecule has 0 amide bonds. The largest absolute Gasteiger partial charge is 0.347 e. The van der Waals surface area contributed by atoms with Crippen LogP contribution in [-0.4, -0.2) is 19.0 Å². The van der Waals surface area contributed by atoms with E-state index in [9.17, 15) is 0 Å². The van der Waals surface area contributed by atoms with Crippen LogP contribution in [0, 0.1) is 46.3 Å². The topological polar surface area (TPSA) is 18.5 Å². The second-order valence-electron chi connectivity index (χ2n) is 13.1. The smallest absolute Gasteiger partial charge is 0.172 e. The molecule has 5 rings (SSSR count). The second kappa shape index (κ2) is 8.15. The van der Waals surface area contributed by atoms with Crippen molar-refractivity contribution in [3.8, 4) is 0 Å². The molecule has 1 heterocycles. The lowest BCUT2D eigenvalue weighted by Crippen LogP contribution is -2.52. The Kier molecular flexibility index (Phi) is 5.91. The summed E-state index contributed by atoms with van der Waals surface area (Å²) in [4.78, 5) is 0. The molecular weight excluding hydrogens is 380 g/mol. The van der Waals surface area contributed by atoms with Crippen LogP contribution < -0.4 is 0 Å². The van der Waals surface area contributed by atoms with Gasteiger partial charge >= 0.3 is 0 Å². The van der Waals surface area contributed by atoms with Gasteiger partial charge in [0, 0.05) is 12.8 Å². The summed E-state index contributed by atoms with van der Waals surface area (Å²) in [7, 11) is 0. The van der Waals surface area contributed by atoms with Gasteiger partial charge in [-0.1, -0.05) is 65.5 Å². The zero-order valence-electron chi connectivity index (χ0n) is 21.1. The maximum Gasteiger partial charge on any atom is 0.172 e. The summed E-state index contributed by atoms with van der Waals surface area (Å²) in [5, 5.41) is 0. The molecule has 3 saturated carbocycles. The third kappa shape index (κ3) is 3.67. The molecule has 0 unspecified atom stereocenters.